The van der Waals surface area contributed by atoms with Gasteiger partial charge in [0.2, 0.25) is 0 Å². The average molecular weight is 296 g/mol. The third-order valence-electron chi connectivity index (χ3n) is 3.51. The Hall–Kier alpha value is -1.93. The first kappa shape index (κ1) is 15.5. The number of morpholine rings is 1. The maximum atomic E-state index is 12.6. The maximum absolute atomic E-state index is 12.6. The zero-order valence-corrected chi connectivity index (χ0v) is 12.2. The zero-order chi connectivity index (χ0) is 15.4. The molecular formula is C13H20N4O4. The number of likely N-dealkylation sites (N-methyl/N-ethyl adjacent to an activating group) is 1. The monoisotopic (exact) mass is 296 g/mol. The number of carbonyl (C=O) groups is 1. The van der Waals surface area contributed by atoms with Gasteiger partial charge in [0.05, 0.1) is 23.8 Å². The lowest BCUT2D eigenvalue weighted by atomic mass is 10.2. The molecule has 2 rings (SSSR count). The molecule has 116 valence electrons. The second-order valence-electron chi connectivity index (χ2n) is 4.93. The molecule has 1 N–H and O–H groups in total. The van der Waals surface area contributed by atoms with E-state index in [2.05, 4.69) is 5.32 Å². The van der Waals surface area contributed by atoms with E-state index in [0.29, 0.717) is 38.5 Å². The number of nitro groups is 1. The van der Waals surface area contributed by atoms with Crippen LogP contribution in [0.15, 0.2) is 12.3 Å². The molecule has 1 aromatic rings. The number of hydrogen-bond donors (Lipinski definition) is 1. The number of hydrogen-bond acceptors (Lipinski definition) is 5. The molecule has 1 saturated heterocycles. The minimum atomic E-state index is -0.480. The highest BCUT2D eigenvalue weighted by molar-refractivity contribution is 5.93. The summed E-state index contributed by atoms with van der Waals surface area (Å²) in [6, 6.07) is 1.34. The van der Waals surface area contributed by atoms with Gasteiger partial charge >= 0.3 is 0 Å². The molecule has 0 spiro atoms. The summed E-state index contributed by atoms with van der Waals surface area (Å²) < 4.78 is 7.18. The molecule has 1 atom stereocenters. The molecule has 1 amide bonds. The normalized spacial score (nSPS) is 18.8. The van der Waals surface area contributed by atoms with E-state index in [-0.39, 0.29) is 17.7 Å². The van der Waals surface area contributed by atoms with Crippen molar-refractivity contribution in [1.82, 2.24) is 14.8 Å². The number of amides is 1. The summed E-state index contributed by atoms with van der Waals surface area (Å²) in [7, 11) is 1.83. The molecule has 1 unspecified atom stereocenters. The first-order valence-corrected chi connectivity index (χ1v) is 6.96. The summed E-state index contributed by atoms with van der Waals surface area (Å²) in [4.78, 5) is 24.6. The van der Waals surface area contributed by atoms with Crippen molar-refractivity contribution in [3.05, 3.63) is 28.1 Å². The molecule has 0 aliphatic carbocycles. The Bertz CT molecular complexity index is 526. The minimum absolute atomic E-state index is 0.0484. The molecule has 1 aliphatic rings. The largest absolute Gasteiger partial charge is 0.373 e. The molecule has 0 radical (unpaired) electrons. The van der Waals surface area contributed by atoms with Crippen LogP contribution in [0, 0.1) is 10.1 Å². The van der Waals surface area contributed by atoms with E-state index in [9.17, 15) is 14.9 Å². The molecule has 1 aromatic heterocycles. The van der Waals surface area contributed by atoms with Crippen molar-refractivity contribution in [3.63, 3.8) is 0 Å². The van der Waals surface area contributed by atoms with Gasteiger partial charge in [0.1, 0.15) is 5.69 Å². The van der Waals surface area contributed by atoms with Crippen molar-refractivity contribution in [3.8, 4) is 0 Å². The van der Waals surface area contributed by atoms with Gasteiger partial charge < -0.3 is 19.5 Å². The molecule has 8 heteroatoms. The lowest BCUT2D eigenvalue weighted by Crippen LogP contribution is -2.48. The van der Waals surface area contributed by atoms with Crippen LogP contribution in [0.1, 0.15) is 17.4 Å². The number of rotatable bonds is 5. The molecule has 8 nitrogen and oxygen atoms in total. The van der Waals surface area contributed by atoms with Gasteiger partial charge in [-0.15, -0.1) is 0 Å². The van der Waals surface area contributed by atoms with E-state index in [4.69, 9.17) is 4.74 Å². The van der Waals surface area contributed by atoms with Crippen molar-refractivity contribution >= 4 is 11.6 Å². The van der Waals surface area contributed by atoms with E-state index in [1.165, 1.54) is 12.3 Å². The molecule has 1 aliphatic heterocycles. The van der Waals surface area contributed by atoms with Crippen LogP contribution in [0.2, 0.25) is 0 Å². The predicted octanol–water partition coefficient (Wildman–Crippen LogP) is 0.477. The fraction of sp³-hybridized carbons (Fsp3) is 0.615. The third-order valence-corrected chi connectivity index (χ3v) is 3.51. The SMILES string of the molecule is CCn1cc([N+](=O)[O-])cc1C(=O)N1CCOC(CNC)C1. The van der Waals surface area contributed by atoms with Gasteiger partial charge in [-0.05, 0) is 14.0 Å². The third kappa shape index (κ3) is 3.40. The average Bonchev–Trinajstić information content (AvgIpc) is 2.91. The summed E-state index contributed by atoms with van der Waals surface area (Å²) in [5.74, 6) is -0.186. The Morgan fingerprint density at radius 3 is 3.00 bits per heavy atom. The summed E-state index contributed by atoms with van der Waals surface area (Å²) in [6.07, 6.45) is 1.35. The molecule has 0 aromatic carbocycles. The Morgan fingerprint density at radius 1 is 1.62 bits per heavy atom. The Balaban J connectivity index is 2.17. The van der Waals surface area contributed by atoms with Crippen LogP contribution in [0.25, 0.3) is 0 Å². The van der Waals surface area contributed by atoms with Crippen LogP contribution < -0.4 is 5.32 Å². The Labute approximate surface area is 122 Å². The summed E-state index contributed by atoms with van der Waals surface area (Å²) in [5.41, 5.74) is 0.301. The van der Waals surface area contributed by atoms with E-state index in [1.807, 2.05) is 14.0 Å². The predicted molar refractivity (Wildman–Crippen MR) is 76.3 cm³/mol. The molecule has 0 saturated carbocycles. The van der Waals surface area contributed by atoms with Crippen LogP contribution in [0.3, 0.4) is 0 Å². The molecule has 2 heterocycles. The van der Waals surface area contributed by atoms with Crippen LogP contribution in [0.4, 0.5) is 5.69 Å². The highest BCUT2D eigenvalue weighted by atomic mass is 16.6. The Morgan fingerprint density at radius 2 is 2.38 bits per heavy atom. The lowest BCUT2D eigenvalue weighted by Gasteiger charge is -2.33. The molecule has 1 fully saturated rings. The van der Waals surface area contributed by atoms with Gasteiger partial charge in [-0.3, -0.25) is 14.9 Å². The number of aryl methyl sites for hydroxylation is 1. The van der Waals surface area contributed by atoms with Crippen molar-refractivity contribution in [2.45, 2.75) is 19.6 Å². The number of aromatic nitrogens is 1. The molecule has 21 heavy (non-hydrogen) atoms. The van der Waals surface area contributed by atoms with E-state index < -0.39 is 4.92 Å². The van der Waals surface area contributed by atoms with E-state index >= 15 is 0 Å². The summed E-state index contributed by atoms with van der Waals surface area (Å²) >= 11 is 0. The topological polar surface area (TPSA) is 89.6 Å². The second kappa shape index (κ2) is 6.68. The smallest absolute Gasteiger partial charge is 0.287 e. The van der Waals surface area contributed by atoms with E-state index in [0.717, 1.165) is 0 Å². The maximum Gasteiger partial charge on any atom is 0.287 e. The molecular weight excluding hydrogens is 276 g/mol. The second-order valence-corrected chi connectivity index (χ2v) is 4.93. The first-order chi connectivity index (χ1) is 10.1. The van der Waals surface area contributed by atoms with Crippen molar-refractivity contribution in [2.75, 3.05) is 33.3 Å². The minimum Gasteiger partial charge on any atom is -0.373 e. The van der Waals surface area contributed by atoms with Gasteiger partial charge in [-0.25, -0.2) is 0 Å². The number of ether oxygens (including phenoxy) is 1. The summed E-state index contributed by atoms with van der Waals surface area (Å²) in [5, 5.41) is 13.9. The first-order valence-electron chi connectivity index (χ1n) is 6.96. The van der Waals surface area contributed by atoms with Crippen molar-refractivity contribution in [2.24, 2.45) is 0 Å². The van der Waals surface area contributed by atoms with Gasteiger partial charge in [0, 0.05) is 32.2 Å². The lowest BCUT2D eigenvalue weighted by molar-refractivity contribution is -0.384. The molecule has 0 bridgehead atoms. The summed E-state index contributed by atoms with van der Waals surface area (Å²) in [6.45, 7) is 4.50. The zero-order valence-electron chi connectivity index (χ0n) is 12.2. The van der Waals surface area contributed by atoms with Gasteiger partial charge in [-0.1, -0.05) is 0 Å². The fourth-order valence-electron chi connectivity index (χ4n) is 2.45. The van der Waals surface area contributed by atoms with Gasteiger partial charge in [0.25, 0.3) is 11.6 Å². The van der Waals surface area contributed by atoms with Gasteiger partial charge in [0.15, 0.2) is 0 Å². The van der Waals surface area contributed by atoms with Crippen molar-refractivity contribution in [1.29, 1.82) is 0 Å². The van der Waals surface area contributed by atoms with Gasteiger partial charge in [-0.2, -0.15) is 0 Å². The number of carbonyl (C=O) groups excluding carboxylic acids is 1. The Kier molecular flexibility index (Phi) is 4.92. The quantitative estimate of drug-likeness (QED) is 0.630. The van der Waals surface area contributed by atoms with Crippen molar-refractivity contribution < 1.29 is 14.5 Å². The number of nitrogens with zero attached hydrogens (tertiary/aromatic N) is 3. The van der Waals surface area contributed by atoms with Crippen LogP contribution in [-0.2, 0) is 11.3 Å². The van der Waals surface area contributed by atoms with E-state index in [1.54, 1.807) is 9.47 Å². The highest BCUT2D eigenvalue weighted by Crippen LogP contribution is 2.19. The van der Waals surface area contributed by atoms with Crippen LogP contribution in [0.5, 0.6) is 0 Å². The highest BCUT2D eigenvalue weighted by Gasteiger charge is 2.28. The standard InChI is InChI=1S/C13H20N4O4/c1-3-15-8-10(17(19)20)6-12(15)13(18)16-4-5-21-11(9-16)7-14-2/h6,8,11,14H,3-5,7,9H2,1-2H3. The number of nitrogens with one attached hydrogen (secondary N) is 1. The fourth-order valence-corrected chi connectivity index (χ4v) is 2.45. The van der Waals surface area contributed by atoms with Crippen LogP contribution in [-0.4, -0.2) is 59.7 Å². The van der Waals surface area contributed by atoms with Crippen LogP contribution >= 0.6 is 0 Å².